The number of rotatable bonds is 3. The lowest BCUT2D eigenvalue weighted by molar-refractivity contribution is 0.555. The van der Waals surface area contributed by atoms with Gasteiger partial charge in [-0.2, -0.15) is 5.10 Å². The number of nitrogens with one attached hydrogen (secondary N) is 2. The molecule has 108 valence electrons. The summed E-state index contributed by atoms with van der Waals surface area (Å²) in [6, 6.07) is 0. The highest BCUT2D eigenvalue weighted by Crippen LogP contribution is 2.23. The van der Waals surface area contributed by atoms with Gasteiger partial charge < -0.3 is 0 Å². The second-order valence-corrected chi connectivity index (χ2v) is 9.08. The maximum absolute atomic E-state index is 12.2. The van der Waals surface area contributed by atoms with E-state index in [9.17, 15) is 16.8 Å². The van der Waals surface area contributed by atoms with E-state index in [1.165, 1.54) is 0 Å². The van der Waals surface area contributed by atoms with E-state index in [0.29, 0.717) is 0 Å². The summed E-state index contributed by atoms with van der Waals surface area (Å²) in [5.74, 6) is 0.139. The first-order valence-electron chi connectivity index (χ1n) is 5.95. The predicted molar refractivity (Wildman–Crippen MR) is 72.3 cm³/mol. The van der Waals surface area contributed by atoms with Gasteiger partial charge in [0.25, 0.3) is 0 Å². The largest absolute Gasteiger partial charge is 0.280 e. The Labute approximate surface area is 112 Å². The molecule has 0 unspecified atom stereocenters. The Kier molecular flexibility index (Phi) is 3.61. The van der Waals surface area contributed by atoms with Gasteiger partial charge in [0.1, 0.15) is 9.84 Å². The molecule has 0 saturated carbocycles. The highest BCUT2D eigenvalue weighted by atomic mass is 32.2. The van der Waals surface area contributed by atoms with Gasteiger partial charge in [-0.05, 0) is 26.7 Å². The summed E-state index contributed by atoms with van der Waals surface area (Å²) in [7, 11) is -6.66. The quantitative estimate of drug-likeness (QED) is 0.837. The van der Waals surface area contributed by atoms with Gasteiger partial charge in [-0.3, -0.25) is 9.82 Å². The van der Waals surface area contributed by atoms with Crippen molar-refractivity contribution in [3.05, 3.63) is 11.3 Å². The zero-order valence-corrected chi connectivity index (χ0v) is 12.4. The van der Waals surface area contributed by atoms with Crippen molar-refractivity contribution in [1.29, 1.82) is 0 Å². The number of H-pyrrole nitrogens is 1. The summed E-state index contributed by atoms with van der Waals surface area (Å²) in [5.41, 5.74) is 1.54. The molecule has 7 nitrogen and oxygen atoms in total. The fraction of sp³-hybridized carbons (Fsp3) is 0.700. The van der Waals surface area contributed by atoms with Crippen LogP contribution in [0.25, 0.3) is 0 Å². The molecule has 2 rings (SSSR count). The van der Waals surface area contributed by atoms with Crippen LogP contribution in [0.15, 0.2) is 0 Å². The number of aryl methyl sites for hydroxylation is 1. The normalized spacial score (nSPS) is 20.3. The van der Waals surface area contributed by atoms with E-state index in [2.05, 4.69) is 14.9 Å². The average molecular weight is 307 g/mol. The van der Waals surface area contributed by atoms with Crippen molar-refractivity contribution in [2.24, 2.45) is 0 Å². The van der Waals surface area contributed by atoms with E-state index in [4.69, 9.17) is 0 Å². The minimum Gasteiger partial charge on any atom is -0.280 e. The van der Waals surface area contributed by atoms with Gasteiger partial charge in [-0.1, -0.05) is 0 Å². The summed E-state index contributed by atoms with van der Waals surface area (Å²) in [4.78, 5) is 0. The summed E-state index contributed by atoms with van der Waals surface area (Å²) >= 11 is 0. The Hall–Kier alpha value is -1.09. The molecular formula is C10H17N3O4S2. The Bertz CT molecular complexity index is 662. The maximum Gasteiger partial charge on any atom is 0.236 e. The molecule has 0 bridgehead atoms. The zero-order chi connectivity index (χ0) is 14.3. The summed E-state index contributed by atoms with van der Waals surface area (Å²) < 4.78 is 49.4. The molecule has 1 aromatic heterocycles. The fourth-order valence-corrected chi connectivity index (χ4v) is 5.26. The topological polar surface area (TPSA) is 109 Å². The molecule has 2 N–H and O–H groups in total. The van der Waals surface area contributed by atoms with Gasteiger partial charge >= 0.3 is 0 Å². The molecule has 19 heavy (non-hydrogen) atoms. The third-order valence-electron chi connectivity index (χ3n) is 3.43. The number of anilines is 1. The van der Waals surface area contributed by atoms with Crippen molar-refractivity contribution < 1.29 is 16.8 Å². The molecule has 0 atom stereocenters. The number of sulfonamides is 1. The molecule has 9 heteroatoms. The lowest BCUT2D eigenvalue weighted by Crippen LogP contribution is -2.36. The highest BCUT2D eigenvalue weighted by molar-refractivity contribution is 7.94. The second-order valence-electron chi connectivity index (χ2n) is 4.82. The number of nitrogens with zero attached hydrogens (tertiary/aromatic N) is 1. The van der Waals surface area contributed by atoms with Crippen LogP contribution in [0.3, 0.4) is 0 Å². The van der Waals surface area contributed by atoms with Gasteiger partial charge in [0, 0.05) is 11.3 Å². The minimum absolute atomic E-state index is 0.0723. The first-order chi connectivity index (χ1) is 8.71. The van der Waals surface area contributed by atoms with Crippen LogP contribution in [-0.4, -0.2) is 43.8 Å². The maximum atomic E-state index is 12.2. The Morgan fingerprint density at radius 2 is 1.84 bits per heavy atom. The predicted octanol–water partition coefficient (Wildman–Crippen LogP) is 0.345. The van der Waals surface area contributed by atoms with E-state index >= 15 is 0 Å². The van der Waals surface area contributed by atoms with Gasteiger partial charge in [0.05, 0.1) is 16.8 Å². The van der Waals surface area contributed by atoms with Crippen LogP contribution in [0.5, 0.6) is 0 Å². The Morgan fingerprint density at radius 3 is 2.32 bits per heavy atom. The third-order valence-corrected chi connectivity index (χ3v) is 6.97. The molecule has 1 aromatic rings. The minimum atomic E-state index is -3.59. The molecule has 0 spiro atoms. The average Bonchev–Trinajstić information content (AvgIpc) is 2.60. The Balaban J connectivity index is 2.14. The van der Waals surface area contributed by atoms with Crippen LogP contribution in [0.4, 0.5) is 5.82 Å². The summed E-state index contributed by atoms with van der Waals surface area (Å²) in [6.07, 6.45) is 0.278. The van der Waals surface area contributed by atoms with E-state index < -0.39 is 25.1 Å². The standard InChI is InChI=1S/C10H17N3O4S2/c1-7-8(2)11-12-10(7)13-19(16,17)9-3-5-18(14,15)6-4-9/h9H,3-6H2,1-2H3,(H2,11,12,13). The molecule has 0 radical (unpaired) electrons. The van der Waals surface area contributed by atoms with Crippen LogP contribution >= 0.6 is 0 Å². The third kappa shape index (κ3) is 3.08. The molecule has 1 aliphatic heterocycles. The molecule has 1 fully saturated rings. The number of aromatic amines is 1. The van der Waals surface area contributed by atoms with E-state index in [1.54, 1.807) is 13.8 Å². The lowest BCUT2D eigenvalue weighted by Gasteiger charge is -2.22. The van der Waals surface area contributed by atoms with Crippen molar-refractivity contribution in [2.45, 2.75) is 31.9 Å². The smallest absolute Gasteiger partial charge is 0.236 e. The molecule has 0 aliphatic carbocycles. The first-order valence-corrected chi connectivity index (χ1v) is 9.32. The number of aromatic nitrogens is 2. The molecule has 1 saturated heterocycles. The van der Waals surface area contributed by atoms with Crippen molar-refractivity contribution in [3.8, 4) is 0 Å². The van der Waals surface area contributed by atoms with E-state index in [-0.39, 0.29) is 30.2 Å². The van der Waals surface area contributed by atoms with Gasteiger partial charge in [0.15, 0.2) is 5.82 Å². The molecule has 0 aromatic carbocycles. The fourth-order valence-electron chi connectivity index (χ4n) is 1.98. The first kappa shape index (κ1) is 14.3. The van der Waals surface area contributed by atoms with Gasteiger partial charge in [0.2, 0.25) is 10.0 Å². The number of hydrogen-bond acceptors (Lipinski definition) is 5. The van der Waals surface area contributed by atoms with Crippen LogP contribution in [0.1, 0.15) is 24.1 Å². The Morgan fingerprint density at radius 1 is 1.26 bits per heavy atom. The van der Waals surface area contributed by atoms with Gasteiger partial charge in [-0.25, -0.2) is 16.8 Å². The van der Waals surface area contributed by atoms with Crippen LogP contribution in [0, 0.1) is 13.8 Å². The van der Waals surface area contributed by atoms with Crippen molar-refractivity contribution >= 4 is 25.7 Å². The highest BCUT2D eigenvalue weighted by Gasteiger charge is 2.33. The molecular weight excluding hydrogens is 290 g/mol. The van der Waals surface area contributed by atoms with E-state index in [1.807, 2.05) is 0 Å². The van der Waals surface area contributed by atoms with Crippen LogP contribution in [0.2, 0.25) is 0 Å². The summed E-state index contributed by atoms with van der Waals surface area (Å²) in [5, 5.41) is 5.92. The van der Waals surface area contributed by atoms with Crippen molar-refractivity contribution in [1.82, 2.24) is 10.2 Å². The SMILES string of the molecule is Cc1[nH]nc(NS(=O)(=O)C2CCS(=O)(=O)CC2)c1C. The van der Waals surface area contributed by atoms with Crippen molar-refractivity contribution in [2.75, 3.05) is 16.2 Å². The van der Waals surface area contributed by atoms with Crippen LogP contribution in [-0.2, 0) is 19.9 Å². The van der Waals surface area contributed by atoms with Gasteiger partial charge in [-0.15, -0.1) is 0 Å². The zero-order valence-electron chi connectivity index (χ0n) is 10.8. The number of sulfone groups is 1. The monoisotopic (exact) mass is 307 g/mol. The van der Waals surface area contributed by atoms with Crippen molar-refractivity contribution in [3.63, 3.8) is 0 Å². The second kappa shape index (κ2) is 4.78. The summed E-state index contributed by atoms with van der Waals surface area (Å²) in [6.45, 7) is 3.56. The molecule has 2 heterocycles. The molecule has 1 aliphatic rings. The lowest BCUT2D eigenvalue weighted by atomic mass is 10.2. The van der Waals surface area contributed by atoms with E-state index in [0.717, 1.165) is 11.3 Å². The van der Waals surface area contributed by atoms with Crippen LogP contribution < -0.4 is 4.72 Å². The number of hydrogen-bond donors (Lipinski definition) is 2. The molecule has 0 amide bonds.